The Morgan fingerprint density at radius 1 is 0.980 bits per heavy atom. The molecular weight excluding hydrogens is 690 g/mol. The molecule has 3 aromatic rings. The highest BCUT2D eigenvalue weighted by Gasteiger charge is 2.44. The summed E-state index contributed by atoms with van der Waals surface area (Å²) >= 11 is 6.48. The van der Waals surface area contributed by atoms with Crippen LogP contribution in [0.25, 0.3) is 11.3 Å². The number of piperazine rings is 1. The van der Waals surface area contributed by atoms with Crippen LogP contribution >= 0.6 is 11.6 Å². The fourth-order valence-corrected chi connectivity index (χ4v) is 6.21. The van der Waals surface area contributed by atoms with E-state index in [1.807, 2.05) is 0 Å². The Morgan fingerprint density at radius 3 is 2.20 bits per heavy atom. The van der Waals surface area contributed by atoms with E-state index in [-0.39, 0.29) is 97.2 Å². The zero-order valence-corrected chi connectivity index (χ0v) is 30.1. The molecule has 5 rings (SSSR count). The molecule has 51 heavy (non-hydrogen) atoms. The number of likely N-dealkylation sites (tertiary alicyclic amines) is 1. The van der Waals surface area contributed by atoms with Gasteiger partial charge in [0.05, 0.1) is 28.0 Å². The monoisotopic (exact) mass is 730 g/mol. The largest absolute Gasteiger partial charge is 0.444 e. The van der Waals surface area contributed by atoms with Crippen LogP contribution in [0.15, 0.2) is 30.5 Å². The summed E-state index contributed by atoms with van der Waals surface area (Å²) in [7, 11) is 4.55. The average Bonchev–Trinajstić information content (AvgIpc) is 3.45. The van der Waals surface area contributed by atoms with Gasteiger partial charge in [-0.15, -0.1) is 0 Å². The van der Waals surface area contributed by atoms with Crippen molar-refractivity contribution in [1.82, 2.24) is 29.2 Å². The number of carbonyl (C=O) groups excluding carboxylic acids is 4. The topological polar surface area (TPSA) is 153 Å². The molecule has 4 amide bonds. The number of benzene rings is 1. The summed E-state index contributed by atoms with van der Waals surface area (Å²) in [5.74, 6) is -3.39. The predicted molar refractivity (Wildman–Crippen MR) is 185 cm³/mol. The molecule has 0 unspecified atom stereocenters. The molecular formula is C34H41ClF2N8O6. The first kappa shape index (κ1) is 37.4. The van der Waals surface area contributed by atoms with E-state index < -0.39 is 40.9 Å². The second-order valence-electron chi connectivity index (χ2n) is 13.8. The molecule has 2 N–H and O–H groups in total. The number of anilines is 2. The van der Waals surface area contributed by atoms with Gasteiger partial charge in [0.25, 0.3) is 17.7 Å². The number of imidazole rings is 1. The standard InChI is InChI=1S/C34H41ClF2N8O6/c1-33(2,3)51-32(49)45-11-9-34(50,10-12-45)31(48)44-15-13-43(14-16-44)30(47)21-8-7-20(17-23(21)35)39-29(46)28-38-19-25(42(28)6)22-18-24(36)27(41(4)5)40-26(22)37/h7-8,17-19,50H,9-16H2,1-6H3,(H,39,46). The number of nitrogens with one attached hydrogen (secondary N) is 1. The van der Waals surface area contributed by atoms with E-state index >= 15 is 0 Å². The van der Waals surface area contributed by atoms with Gasteiger partial charge in [0.1, 0.15) is 11.2 Å². The Balaban J connectivity index is 1.17. The molecule has 2 aromatic heterocycles. The number of hydrogen-bond acceptors (Lipinski definition) is 9. The van der Waals surface area contributed by atoms with Crippen LogP contribution < -0.4 is 10.2 Å². The maximum Gasteiger partial charge on any atom is 0.410 e. The second kappa shape index (κ2) is 14.4. The number of amides is 4. The molecule has 0 atom stereocenters. The van der Waals surface area contributed by atoms with Crippen molar-refractivity contribution >= 4 is 46.9 Å². The third kappa shape index (κ3) is 8.06. The predicted octanol–water partition coefficient (Wildman–Crippen LogP) is 3.78. The lowest BCUT2D eigenvalue weighted by Crippen LogP contribution is -2.59. The highest BCUT2D eigenvalue weighted by Crippen LogP contribution is 2.29. The first-order chi connectivity index (χ1) is 23.9. The van der Waals surface area contributed by atoms with Gasteiger partial charge in [-0.25, -0.2) is 14.2 Å². The second-order valence-corrected chi connectivity index (χ2v) is 14.2. The van der Waals surface area contributed by atoms with Gasteiger partial charge in [0.15, 0.2) is 17.5 Å². The van der Waals surface area contributed by atoms with Crippen molar-refractivity contribution in [3.63, 3.8) is 0 Å². The Bertz CT molecular complexity index is 1850. The van der Waals surface area contributed by atoms with Gasteiger partial charge < -0.3 is 39.3 Å². The minimum absolute atomic E-state index is 0.0743. The van der Waals surface area contributed by atoms with Crippen molar-refractivity contribution in [3.05, 3.63) is 58.6 Å². The average molecular weight is 731 g/mol. The van der Waals surface area contributed by atoms with Crippen LogP contribution in [0.3, 0.4) is 0 Å². The van der Waals surface area contributed by atoms with Gasteiger partial charge in [-0.2, -0.15) is 9.37 Å². The van der Waals surface area contributed by atoms with E-state index in [1.165, 1.54) is 64.8 Å². The molecule has 4 heterocycles. The molecule has 0 aliphatic carbocycles. The highest BCUT2D eigenvalue weighted by atomic mass is 35.5. The van der Waals surface area contributed by atoms with Gasteiger partial charge in [-0.05, 0) is 45.0 Å². The van der Waals surface area contributed by atoms with Crippen LogP contribution in [0.4, 0.5) is 25.1 Å². The number of nitrogens with zero attached hydrogens (tertiary/aromatic N) is 7. The summed E-state index contributed by atoms with van der Waals surface area (Å²) in [6.07, 6.45) is 0.898. The van der Waals surface area contributed by atoms with Crippen molar-refractivity contribution in [2.75, 3.05) is 63.6 Å². The van der Waals surface area contributed by atoms with E-state index in [1.54, 1.807) is 25.7 Å². The van der Waals surface area contributed by atoms with Crippen LogP contribution in [0.2, 0.25) is 5.02 Å². The van der Waals surface area contributed by atoms with E-state index in [9.17, 15) is 33.1 Å². The number of rotatable bonds is 6. The molecule has 17 heteroatoms. The maximum absolute atomic E-state index is 14.8. The first-order valence-electron chi connectivity index (χ1n) is 16.3. The van der Waals surface area contributed by atoms with Crippen LogP contribution in [0.1, 0.15) is 54.6 Å². The zero-order chi connectivity index (χ0) is 37.4. The highest BCUT2D eigenvalue weighted by molar-refractivity contribution is 6.34. The summed E-state index contributed by atoms with van der Waals surface area (Å²) in [5, 5.41) is 13.9. The normalized spacial score (nSPS) is 16.2. The van der Waals surface area contributed by atoms with Crippen LogP contribution in [-0.4, -0.2) is 123 Å². The molecule has 2 aliphatic rings. The first-order valence-corrected chi connectivity index (χ1v) is 16.7. The molecule has 0 spiro atoms. The minimum Gasteiger partial charge on any atom is -0.444 e. The van der Waals surface area contributed by atoms with E-state index in [0.29, 0.717) is 0 Å². The molecule has 2 fully saturated rings. The molecule has 274 valence electrons. The van der Waals surface area contributed by atoms with Crippen molar-refractivity contribution in [2.24, 2.45) is 7.05 Å². The fourth-order valence-electron chi connectivity index (χ4n) is 5.95. The molecule has 0 radical (unpaired) electrons. The molecule has 2 saturated heterocycles. The number of hydrogen-bond donors (Lipinski definition) is 2. The van der Waals surface area contributed by atoms with Crippen molar-refractivity contribution < 1.29 is 37.8 Å². The van der Waals surface area contributed by atoms with Gasteiger partial charge in [0.2, 0.25) is 5.95 Å². The Labute approximate surface area is 298 Å². The maximum atomic E-state index is 14.8. The number of halogens is 3. The molecule has 0 saturated carbocycles. The lowest BCUT2D eigenvalue weighted by Gasteiger charge is -2.42. The molecule has 2 aliphatic heterocycles. The quantitative estimate of drug-likeness (QED) is 0.361. The third-order valence-corrected chi connectivity index (χ3v) is 9.07. The van der Waals surface area contributed by atoms with Crippen molar-refractivity contribution in [2.45, 2.75) is 44.8 Å². The summed E-state index contributed by atoms with van der Waals surface area (Å²) < 4.78 is 36.0. The fraction of sp³-hybridized carbons (Fsp3) is 0.471. The zero-order valence-electron chi connectivity index (χ0n) is 29.3. The lowest BCUT2D eigenvalue weighted by atomic mass is 9.89. The van der Waals surface area contributed by atoms with Crippen molar-refractivity contribution in [1.29, 1.82) is 0 Å². The summed E-state index contributed by atoms with van der Waals surface area (Å²) in [4.78, 5) is 65.8. The number of pyridine rings is 1. The SMILES string of the molecule is CN(C)c1nc(F)c(-c2cnc(C(=O)Nc3ccc(C(=O)N4CCN(C(=O)C5(O)CCN(C(=O)OC(C)(C)C)CC5)CC4)c(Cl)c3)n2C)cc1F. The van der Waals surface area contributed by atoms with Crippen LogP contribution in [-0.2, 0) is 16.6 Å². The smallest absolute Gasteiger partial charge is 0.410 e. The number of aromatic nitrogens is 3. The van der Waals surface area contributed by atoms with Crippen LogP contribution in [0.5, 0.6) is 0 Å². The van der Waals surface area contributed by atoms with E-state index in [0.717, 1.165) is 6.07 Å². The molecule has 14 nitrogen and oxygen atoms in total. The minimum atomic E-state index is -1.62. The van der Waals surface area contributed by atoms with Gasteiger partial charge in [0, 0.05) is 78.9 Å². The van der Waals surface area contributed by atoms with Gasteiger partial charge >= 0.3 is 6.09 Å². The summed E-state index contributed by atoms with van der Waals surface area (Å²) in [6.45, 7) is 6.48. The summed E-state index contributed by atoms with van der Waals surface area (Å²) in [6, 6.07) is 5.37. The number of ether oxygens (including phenoxy) is 1. The number of piperidine rings is 1. The molecule has 1 aromatic carbocycles. The third-order valence-electron chi connectivity index (χ3n) is 8.75. The van der Waals surface area contributed by atoms with E-state index in [2.05, 4.69) is 15.3 Å². The Morgan fingerprint density at radius 2 is 1.61 bits per heavy atom. The molecule has 0 bridgehead atoms. The van der Waals surface area contributed by atoms with Crippen LogP contribution in [0, 0.1) is 11.8 Å². The Kier molecular flexibility index (Phi) is 10.6. The number of aliphatic hydroxyl groups is 1. The van der Waals surface area contributed by atoms with Gasteiger partial charge in [-0.3, -0.25) is 14.4 Å². The van der Waals surface area contributed by atoms with Gasteiger partial charge in [-0.1, -0.05) is 11.6 Å². The van der Waals surface area contributed by atoms with Crippen molar-refractivity contribution in [3.8, 4) is 11.3 Å². The lowest BCUT2D eigenvalue weighted by molar-refractivity contribution is -0.157. The summed E-state index contributed by atoms with van der Waals surface area (Å²) in [5.41, 5.74) is -1.85. The van der Waals surface area contributed by atoms with E-state index in [4.69, 9.17) is 16.3 Å². The number of carbonyl (C=O) groups is 4. The Hall–Kier alpha value is -4.83.